The molecule has 0 saturated heterocycles. The fourth-order valence-corrected chi connectivity index (χ4v) is 2.30. The molecular weight excluding hydrogens is 313 g/mol. The monoisotopic (exact) mass is 323 g/mol. The zero-order valence-corrected chi connectivity index (χ0v) is 12.5. The molecule has 0 saturated carbocycles. The molecule has 0 aliphatic rings. The first kappa shape index (κ1) is 15.4. The largest absolute Gasteiger partial charge is 0.478 e. The van der Waals surface area contributed by atoms with E-state index in [2.05, 4.69) is 5.32 Å². The second kappa shape index (κ2) is 6.16. The molecular formula is C15H11Cl2NO3. The highest BCUT2D eigenvalue weighted by Crippen LogP contribution is 2.22. The van der Waals surface area contributed by atoms with E-state index in [9.17, 15) is 9.59 Å². The third-order valence-electron chi connectivity index (χ3n) is 2.90. The number of carboxylic acids is 1. The van der Waals surface area contributed by atoms with Gasteiger partial charge in [-0.3, -0.25) is 4.79 Å². The quantitative estimate of drug-likeness (QED) is 0.887. The summed E-state index contributed by atoms with van der Waals surface area (Å²) in [6.45, 7) is 1.69. The van der Waals surface area contributed by atoms with Crippen molar-refractivity contribution < 1.29 is 14.7 Å². The molecule has 0 bridgehead atoms. The molecule has 1 amide bonds. The summed E-state index contributed by atoms with van der Waals surface area (Å²) in [6.07, 6.45) is 0. The highest BCUT2D eigenvalue weighted by atomic mass is 35.5. The molecule has 21 heavy (non-hydrogen) atoms. The predicted molar refractivity (Wildman–Crippen MR) is 82.6 cm³/mol. The average Bonchev–Trinajstić information content (AvgIpc) is 2.40. The van der Waals surface area contributed by atoms with Crippen molar-refractivity contribution in [3.63, 3.8) is 0 Å². The van der Waals surface area contributed by atoms with E-state index in [4.69, 9.17) is 28.3 Å². The van der Waals surface area contributed by atoms with Crippen LogP contribution in [-0.4, -0.2) is 17.0 Å². The van der Waals surface area contributed by atoms with E-state index in [-0.39, 0.29) is 16.1 Å². The molecule has 0 aromatic heterocycles. The molecule has 2 aromatic rings. The molecule has 0 fully saturated rings. The first-order valence-corrected chi connectivity index (χ1v) is 6.74. The van der Waals surface area contributed by atoms with Gasteiger partial charge in [-0.2, -0.15) is 0 Å². The van der Waals surface area contributed by atoms with E-state index in [0.29, 0.717) is 16.3 Å². The molecule has 0 aliphatic carbocycles. The lowest BCUT2D eigenvalue weighted by Crippen LogP contribution is -2.13. The van der Waals surface area contributed by atoms with Crippen LogP contribution in [0.1, 0.15) is 26.3 Å². The van der Waals surface area contributed by atoms with Crippen molar-refractivity contribution in [1.29, 1.82) is 0 Å². The zero-order valence-electron chi connectivity index (χ0n) is 11.0. The third kappa shape index (κ3) is 3.54. The van der Waals surface area contributed by atoms with Crippen molar-refractivity contribution in [3.05, 3.63) is 63.1 Å². The summed E-state index contributed by atoms with van der Waals surface area (Å²) in [5, 5.41) is 12.3. The van der Waals surface area contributed by atoms with Crippen LogP contribution in [0.2, 0.25) is 10.0 Å². The number of halogens is 2. The summed E-state index contributed by atoms with van der Waals surface area (Å²) in [4.78, 5) is 23.2. The first-order valence-electron chi connectivity index (χ1n) is 5.99. The Balaban J connectivity index is 2.27. The second-order valence-corrected chi connectivity index (χ2v) is 5.26. The molecule has 0 atom stereocenters. The molecule has 0 spiro atoms. The Kier molecular flexibility index (Phi) is 4.50. The topological polar surface area (TPSA) is 66.4 Å². The third-order valence-corrected chi connectivity index (χ3v) is 3.45. The van der Waals surface area contributed by atoms with E-state index >= 15 is 0 Å². The average molecular weight is 324 g/mol. The number of carbonyl (C=O) groups excluding carboxylic acids is 1. The van der Waals surface area contributed by atoms with Gasteiger partial charge in [0.05, 0.1) is 16.1 Å². The molecule has 2 N–H and O–H groups in total. The van der Waals surface area contributed by atoms with Gasteiger partial charge in [-0.15, -0.1) is 0 Å². The van der Waals surface area contributed by atoms with Crippen LogP contribution in [0.3, 0.4) is 0 Å². The van der Waals surface area contributed by atoms with Gasteiger partial charge in [0.2, 0.25) is 0 Å². The summed E-state index contributed by atoms with van der Waals surface area (Å²) in [6, 6.07) is 9.19. The van der Waals surface area contributed by atoms with Gasteiger partial charge in [-0.25, -0.2) is 4.79 Å². The lowest BCUT2D eigenvalue weighted by molar-refractivity contribution is 0.0695. The van der Waals surface area contributed by atoms with Crippen LogP contribution < -0.4 is 5.32 Å². The molecule has 6 heteroatoms. The number of aromatic carboxylic acids is 1. The fourth-order valence-electron chi connectivity index (χ4n) is 1.80. The standard InChI is InChI=1S/C15H11Cl2NO3/c1-8-2-4-10(7-12(8)15(20)21)18-14(19)11-5-3-9(16)6-13(11)17/h2-7H,1H3,(H,18,19)(H,20,21). The number of benzene rings is 2. The van der Waals surface area contributed by atoms with Crippen LogP contribution >= 0.6 is 23.2 Å². The van der Waals surface area contributed by atoms with Gasteiger partial charge < -0.3 is 10.4 Å². The Morgan fingerprint density at radius 3 is 2.38 bits per heavy atom. The number of anilines is 1. The minimum atomic E-state index is -1.05. The first-order chi connectivity index (χ1) is 9.88. The molecule has 0 aliphatic heterocycles. The van der Waals surface area contributed by atoms with Gasteiger partial charge in [0.15, 0.2) is 0 Å². The van der Waals surface area contributed by atoms with Crippen molar-refractivity contribution in [2.45, 2.75) is 6.92 Å². The number of carboxylic acid groups (broad SMARTS) is 1. The Bertz CT molecular complexity index is 729. The summed E-state index contributed by atoms with van der Waals surface area (Å²) < 4.78 is 0. The maximum absolute atomic E-state index is 12.1. The maximum Gasteiger partial charge on any atom is 0.336 e. The number of amides is 1. The van der Waals surface area contributed by atoms with Crippen molar-refractivity contribution >= 4 is 40.8 Å². The van der Waals surface area contributed by atoms with Gasteiger partial charge in [-0.05, 0) is 42.8 Å². The second-order valence-electron chi connectivity index (χ2n) is 4.41. The number of carbonyl (C=O) groups is 2. The van der Waals surface area contributed by atoms with Crippen LogP contribution in [-0.2, 0) is 0 Å². The van der Waals surface area contributed by atoms with Crippen molar-refractivity contribution in [1.82, 2.24) is 0 Å². The number of hydrogen-bond donors (Lipinski definition) is 2. The van der Waals surface area contributed by atoms with Crippen LogP contribution in [0.4, 0.5) is 5.69 Å². The highest BCUT2D eigenvalue weighted by Gasteiger charge is 2.13. The summed E-state index contributed by atoms with van der Waals surface area (Å²) >= 11 is 11.7. The van der Waals surface area contributed by atoms with Gasteiger partial charge in [0.1, 0.15) is 0 Å². The molecule has 108 valence electrons. The smallest absolute Gasteiger partial charge is 0.336 e. The summed E-state index contributed by atoms with van der Waals surface area (Å²) in [5.41, 5.74) is 1.40. The molecule has 0 heterocycles. The lowest BCUT2D eigenvalue weighted by Gasteiger charge is -2.09. The highest BCUT2D eigenvalue weighted by molar-refractivity contribution is 6.37. The van der Waals surface area contributed by atoms with E-state index in [0.717, 1.165) is 0 Å². The number of hydrogen-bond acceptors (Lipinski definition) is 2. The van der Waals surface area contributed by atoms with Crippen LogP contribution in [0.25, 0.3) is 0 Å². The molecule has 4 nitrogen and oxygen atoms in total. The van der Waals surface area contributed by atoms with E-state index in [1.165, 1.54) is 18.2 Å². The summed E-state index contributed by atoms with van der Waals surface area (Å²) in [7, 11) is 0. The summed E-state index contributed by atoms with van der Waals surface area (Å²) in [5.74, 6) is -1.48. The number of rotatable bonds is 3. The van der Waals surface area contributed by atoms with E-state index in [1.54, 1.807) is 25.1 Å². The van der Waals surface area contributed by atoms with Gasteiger partial charge in [-0.1, -0.05) is 29.3 Å². The Morgan fingerprint density at radius 2 is 1.76 bits per heavy atom. The predicted octanol–water partition coefficient (Wildman–Crippen LogP) is 4.25. The SMILES string of the molecule is Cc1ccc(NC(=O)c2ccc(Cl)cc2Cl)cc1C(=O)O. The molecule has 2 rings (SSSR count). The Morgan fingerprint density at radius 1 is 1.05 bits per heavy atom. The minimum Gasteiger partial charge on any atom is -0.478 e. The normalized spacial score (nSPS) is 10.2. The fraction of sp³-hybridized carbons (Fsp3) is 0.0667. The Labute approximate surface area is 131 Å². The van der Waals surface area contributed by atoms with Crippen molar-refractivity contribution in [2.75, 3.05) is 5.32 Å². The van der Waals surface area contributed by atoms with E-state index < -0.39 is 11.9 Å². The zero-order chi connectivity index (χ0) is 15.6. The minimum absolute atomic E-state index is 0.134. The molecule has 0 radical (unpaired) electrons. The van der Waals surface area contributed by atoms with Gasteiger partial charge in [0, 0.05) is 10.7 Å². The van der Waals surface area contributed by atoms with Gasteiger partial charge in [0.25, 0.3) is 5.91 Å². The lowest BCUT2D eigenvalue weighted by atomic mass is 10.1. The van der Waals surface area contributed by atoms with Crippen LogP contribution in [0.15, 0.2) is 36.4 Å². The van der Waals surface area contributed by atoms with Crippen molar-refractivity contribution in [3.8, 4) is 0 Å². The molecule has 0 unspecified atom stereocenters. The molecule has 2 aromatic carbocycles. The van der Waals surface area contributed by atoms with Crippen LogP contribution in [0, 0.1) is 6.92 Å². The number of nitrogens with one attached hydrogen (secondary N) is 1. The van der Waals surface area contributed by atoms with Gasteiger partial charge >= 0.3 is 5.97 Å². The number of aryl methyl sites for hydroxylation is 1. The van der Waals surface area contributed by atoms with Crippen molar-refractivity contribution in [2.24, 2.45) is 0 Å². The van der Waals surface area contributed by atoms with Crippen LogP contribution in [0.5, 0.6) is 0 Å². The maximum atomic E-state index is 12.1. The van der Waals surface area contributed by atoms with E-state index in [1.807, 2.05) is 0 Å². The Hall–Kier alpha value is -2.04.